The van der Waals surface area contributed by atoms with Crippen LogP contribution in [-0.4, -0.2) is 35.2 Å². The van der Waals surface area contributed by atoms with Crippen molar-refractivity contribution in [1.29, 1.82) is 0 Å². The van der Waals surface area contributed by atoms with Gasteiger partial charge in [0.15, 0.2) is 11.4 Å². The van der Waals surface area contributed by atoms with Crippen molar-refractivity contribution < 1.29 is 62.9 Å². The van der Waals surface area contributed by atoms with Gasteiger partial charge in [0.05, 0.1) is 9.75 Å². The third kappa shape index (κ3) is 9.52. The van der Waals surface area contributed by atoms with Gasteiger partial charge in [0, 0.05) is 39.9 Å². The average molecular weight is 562 g/mol. The average Bonchev–Trinajstić information content (AvgIpc) is 3.07. The van der Waals surface area contributed by atoms with E-state index in [2.05, 4.69) is 0 Å². The Morgan fingerprint density at radius 2 is 1.18 bits per heavy atom. The van der Waals surface area contributed by atoms with E-state index in [0.29, 0.717) is 12.8 Å². The summed E-state index contributed by atoms with van der Waals surface area (Å²) in [6, 6.07) is 0. The molecule has 12 heteroatoms. The molecule has 0 bridgehead atoms. The number of nitrogens with two attached hydrogens (primary N) is 2. The maximum atomic E-state index is 10.6. The molecule has 2 heterocycles. The predicted octanol–water partition coefficient (Wildman–Crippen LogP) is -7.26. The van der Waals surface area contributed by atoms with Crippen molar-refractivity contribution in [3.63, 3.8) is 0 Å². The van der Waals surface area contributed by atoms with Gasteiger partial charge in [0.2, 0.25) is 24.1 Å². The van der Waals surface area contributed by atoms with Crippen LogP contribution in [0.1, 0.15) is 21.1 Å². The molecule has 28 heavy (non-hydrogen) atoms. The molecular formula is C16H26Br2N4O4S2. The second-order valence-electron chi connectivity index (χ2n) is 5.60. The van der Waals surface area contributed by atoms with Crippen molar-refractivity contribution in [1.82, 2.24) is 0 Å². The van der Waals surface area contributed by atoms with Gasteiger partial charge in [-0.05, 0) is 0 Å². The maximum absolute atomic E-state index is 10.6. The molecule has 2 amide bonds. The molecule has 0 aliphatic heterocycles. The molecule has 0 spiro atoms. The molecule has 6 N–H and O–H groups in total. The van der Waals surface area contributed by atoms with Gasteiger partial charge < -0.3 is 55.6 Å². The van der Waals surface area contributed by atoms with Gasteiger partial charge in [-0.2, -0.15) is 9.13 Å². The number of carbonyl (C=O) groups is 2. The lowest BCUT2D eigenvalue weighted by Crippen LogP contribution is -3.00. The molecule has 2 aromatic heterocycles. The van der Waals surface area contributed by atoms with E-state index in [1.165, 1.54) is 22.7 Å². The van der Waals surface area contributed by atoms with Crippen molar-refractivity contribution in [3.05, 3.63) is 32.2 Å². The molecule has 0 saturated carbocycles. The highest BCUT2D eigenvalue weighted by Gasteiger charge is 2.17. The van der Waals surface area contributed by atoms with Gasteiger partial charge in [0.1, 0.15) is 0 Å². The van der Waals surface area contributed by atoms with Gasteiger partial charge in [-0.15, -0.1) is 0 Å². The molecule has 160 valence electrons. The minimum Gasteiger partial charge on any atom is -1.00 e. The van der Waals surface area contributed by atoms with Crippen LogP contribution in [0.2, 0.25) is 0 Å². The number of rotatable bonds is 8. The van der Waals surface area contributed by atoms with Crippen molar-refractivity contribution >= 4 is 34.5 Å². The maximum Gasteiger partial charge on any atom is 0.283 e. The van der Waals surface area contributed by atoms with E-state index in [-0.39, 0.29) is 72.1 Å². The number of hydrogen-bond acceptors (Lipinski definition) is 6. The number of carbonyl (C=O) groups excluding carboxylic acids is 2. The Bertz CT molecular complexity index is 691. The molecule has 2 rings (SSSR count). The molecule has 0 saturated heterocycles. The van der Waals surface area contributed by atoms with Crippen LogP contribution in [0.15, 0.2) is 11.0 Å². The van der Waals surface area contributed by atoms with E-state index in [1.807, 2.05) is 24.9 Å². The highest BCUT2D eigenvalue weighted by molar-refractivity contribution is 7.09. The molecule has 0 atom stereocenters. The van der Waals surface area contributed by atoms with Crippen molar-refractivity contribution in [2.75, 3.05) is 13.2 Å². The fourth-order valence-corrected chi connectivity index (χ4v) is 4.20. The van der Waals surface area contributed by atoms with Crippen LogP contribution in [0.5, 0.6) is 0 Å². The lowest BCUT2D eigenvalue weighted by atomic mass is 10.3. The number of aliphatic hydroxyl groups excluding tert-OH is 2. The Hall–Kier alpha value is -0.920. The second kappa shape index (κ2) is 15.0. The number of nitrogens with zero attached hydrogens (tertiary/aromatic N) is 2. The van der Waals surface area contributed by atoms with Crippen LogP contribution < -0.4 is 54.6 Å². The van der Waals surface area contributed by atoms with Crippen LogP contribution in [0.4, 0.5) is 0 Å². The number of thiazole rings is 2. The summed E-state index contributed by atoms with van der Waals surface area (Å²) in [7, 11) is 0. The van der Waals surface area contributed by atoms with Crippen LogP contribution in [-0.2, 0) is 35.5 Å². The monoisotopic (exact) mass is 560 g/mol. The summed E-state index contributed by atoms with van der Waals surface area (Å²) in [4.78, 5) is 23.5. The summed E-state index contributed by atoms with van der Waals surface area (Å²) in [6.45, 7) is 4.55. The van der Waals surface area contributed by atoms with Gasteiger partial charge >= 0.3 is 0 Å². The molecule has 0 aliphatic carbocycles. The zero-order valence-corrected chi connectivity index (χ0v) is 20.5. The minimum atomic E-state index is -0.346. The molecule has 0 fully saturated rings. The molecule has 0 aliphatic rings. The summed E-state index contributed by atoms with van der Waals surface area (Å²) < 4.78 is 3.61. The summed E-state index contributed by atoms with van der Waals surface area (Å²) in [5.41, 5.74) is 15.9. The van der Waals surface area contributed by atoms with E-state index >= 15 is 0 Å². The summed E-state index contributed by atoms with van der Waals surface area (Å²) in [5, 5.41) is 17.5. The Kier molecular flexibility index (Phi) is 15.7. The van der Waals surface area contributed by atoms with Crippen LogP contribution in [0.25, 0.3) is 0 Å². The summed E-state index contributed by atoms with van der Waals surface area (Å²) in [5.74, 6) is -0.692. The quantitative estimate of drug-likeness (QED) is 0.238. The molecule has 8 nitrogen and oxygen atoms in total. The number of aromatic nitrogens is 2. The van der Waals surface area contributed by atoms with Crippen LogP contribution in [0, 0.1) is 13.8 Å². The normalized spacial score (nSPS) is 9.57. The van der Waals surface area contributed by atoms with Crippen molar-refractivity contribution in [3.8, 4) is 0 Å². The Morgan fingerprint density at radius 3 is 1.43 bits per heavy atom. The van der Waals surface area contributed by atoms with E-state index < -0.39 is 0 Å². The largest absolute Gasteiger partial charge is 1.00 e. The van der Waals surface area contributed by atoms with E-state index in [0.717, 1.165) is 21.1 Å². The standard InChI is InChI=1S/2C8H12N2O2S.2BrH/c2*1-6-7(2-3-11)13-5-10(6)4-8(9)12;;/h2*5,11H,2-4H2,1H3,(H-,9,12);2*1H. The summed E-state index contributed by atoms with van der Waals surface area (Å²) >= 11 is 3.08. The first-order valence-electron chi connectivity index (χ1n) is 8.01. The number of halogens is 2. The molecule has 2 aromatic rings. The molecule has 0 radical (unpaired) electrons. The number of hydrogen-bond donors (Lipinski definition) is 4. The van der Waals surface area contributed by atoms with Crippen molar-refractivity contribution in [2.45, 2.75) is 39.8 Å². The SMILES string of the molecule is Cc1c(CCO)sc[n+]1CC(N)=O.Cc1c(CCO)sc[n+]1CC(N)=O.[Br-].[Br-]. The highest BCUT2D eigenvalue weighted by atomic mass is 79.9. The van der Waals surface area contributed by atoms with Gasteiger partial charge in [-0.25, -0.2) is 0 Å². The number of aliphatic hydroxyl groups is 2. The van der Waals surface area contributed by atoms with Crippen LogP contribution in [0.3, 0.4) is 0 Å². The third-order valence-electron chi connectivity index (χ3n) is 3.64. The predicted molar refractivity (Wildman–Crippen MR) is 98.5 cm³/mol. The van der Waals surface area contributed by atoms with E-state index in [1.54, 1.807) is 9.13 Å². The number of amides is 2. The Balaban J connectivity index is 0. The van der Waals surface area contributed by atoms with Crippen LogP contribution >= 0.6 is 22.7 Å². The van der Waals surface area contributed by atoms with Gasteiger partial charge in [-0.1, -0.05) is 22.7 Å². The fourth-order valence-electron chi connectivity index (χ4n) is 2.23. The first-order valence-corrected chi connectivity index (χ1v) is 9.77. The minimum absolute atomic E-state index is 0. The topological polar surface area (TPSA) is 134 Å². The zero-order valence-electron chi connectivity index (χ0n) is 15.7. The number of primary amides is 2. The Morgan fingerprint density at radius 1 is 0.857 bits per heavy atom. The zero-order chi connectivity index (χ0) is 19.7. The third-order valence-corrected chi connectivity index (χ3v) is 5.93. The first kappa shape index (κ1) is 29.3. The summed E-state index contributed by atoms with van der Waals surface area (Å²) in [6.07, 6.45) is 1.28. The molecule has 0 unspecified atom stereocenters. The van der Waals surface area contributed by atoms with Gasteiger partial charge in [-0.3, -0.25) is 9.59 Å². The lowest BCUT2D eigenvalue weighted by molar-refractivity contribution is -0.685. The molecule has 0 aromatic carbocycles. The smallest absolute Gasteiger partial charge is 0.283 e. The molecular weight excluding hydrogens is 536 g/mol. The second-order valence-corrected chi connectivity index (χ2v) is 7.48. The fraction of sp³-hybridized carbons (Fsp3) is 0.500. The Labute approximate surface area is 193 Å². The van der Waals surface area contributed by atoms with Gasteiger partial charge in [0.25, 0.3) is 11.8 Å². The van der Waals surface area contributed by atoms with E-state index in [4.69, 9.17) is 21.7 Å². The lowest BCUT2D eigenvalue weighted by Gasteiger charge is -1.92. The first-order chi connectivity index (χ1) is 12.3. The van der Waals surface area contributed by atoms with Crippen molar-refractivity contribution in [2.24, 2.45) is 11.5 Å². The van der Waals surface area contributed by atoms with E-state index in [9.17, 15) is 9.59 Å². The highest BCUT2D eigenvalue weighted by Crippen LogP contribution is 2.11.